The minimum atomic E-state index is 0.582. The van der Waals surface area contributed by atoms with Crippen molar-refractivity contribution in [3.63, 3.8) is 0 Å². The number of rotatable bonds is 8. The number of likely N-dealkylation sites (N-methyl/N-ethyl adjacent to an activating group) is 1. The molecule has 28 heavy (non-hydrogen) atoms. The molecule has 0 radical (unpaired) electrons. The maximum Gasteiger partial charge on any atom is 0.120 e. The molecule has 0 N–H and O–H groups in total. The smallest absolute Gasteiger partial charge is 0.120 e. The number of benzene rings is 3. The summed E-state index contributed by atoms with van der Waals surface area (Å²) in [4.78, 5) is 3.26. The first-order valence-corrected chi connectivity index (χ1v) is 10.2. The summed E-state index contributed by atoms with van der Waals surface area (Å²) in [6, 6.07) is 24.2. The fourth-order valence-corrected chi connectivity index (χ4v) is 3.32. The van der Waals surface area contributed by atoms with Crippen LogP contribution in [0.5, 0.6) is 5.75 Å². The summed E-state index contributed by atoms with van der Waals surface area (Å²) in [5.41, 5.74) is 3.28. The van der Waals surface area contributed by atoms with Crippen LogP contribution in [0.2, 0.25) is 5.02 Å². The van der Waals surface area contributed by atoms with E-state index in [4.69, 9.17) is 16.3 Å². The topological polar surface area (TPSA) is 24.8 Å². The van der Waals surface area contributed by atoms with Crippen molar-refractivity contribution in [2.45, 2.75) is 11.8 Å². The van der Waals surface area contributed by atoms with Crippen LogP contribution in [0.15, 0.2) is 82.1 Å². The summed E-state index contributed by atoms with van der Waals surface area (Å²) >= 11 is 7.80. The van der Waals surface area contributed by atoms with Gasteiger partial charge in [-0.1, -0.05) is 47.5 Å². The summed E-state index contributed by atoms with van der Waals surface area (Å²) in [6.45, 7) is 3.44. The summed E-state index contributed by atoms with van der Waals surface area (Å²) in [6.07, 6.45) is 1.78. The first-order valence-electron chi connectivity index (χ1n) is 9.07. The first kappa shape index (κ1) is 20.3. The van der Waals surface area contributed by atoms with Gasteiger partial charge in [0.25, 0.3) is 0 Å². The van der Waals surface area contributed by atoms with Crippen LogP contribution < -0.4 is 9.64 Å². The van der Waals surface area contributed by atoms with Crippen molar-refractivity contribution in [3.05, 3.63) is 88.9 Å². The molecule has 0 heterocycles. The molecule has 0 saturated heterocycles. The molecular formula is C23H23ClN2OS. The largest absolute Gasteiger partial charge is 0.492 e. The van der Waals surface area contributed by atoms with Crippen molar-refractivity contribution in [1.29, 1.82) is 0 Å². The van der Waals surface area contributed by atoms with Crippen LogP contribution in [0, 0.1) is 6.92 Å². The highest BCUT2D eigenvalue weighted by atomic mass is 35.5. The average Bonchev–Trinajstić information content (AvgIpc) is 2.71. The van der Waals surface area contributed by atoms with Crippen LogP contribution in [0.3, 0.4) is 0 Å². The predicted molar refractivity (Wildman–Crippen MR) is 121 cm³/mol. The molecule has 3 rings (SSSR count). The lowest BCUT2D eigenvalue weighted by Gasteiger charge is -2.19. The molecule has 0 aromatic heterocycles. The predicted octanol–water partition coefficient (Wildman–Crippen LogP) is 6.29. The van der Waals surface area contributed by atoms with Crippen molar-refractivity contribution in [2.75, 3.05) is 25.1 Å². The second kappa shape index (κ2) is 10.2. The standard InChI is InChI=1S/C23H23ClN2OS/c1-18-8-12-22(13-9-18)28-25-17-19-10-11-21(16-23(19)24)27-15-14-26(2)20-6-4-3-5-7-20/h3-13,16-17H,14-15H2,1-2H3/b25-17+. The number of hydrogen-bond donors (Lipinski definition) is 0. The lowest BCUT2D eigenvalue weighted by atomic mass is 10.2. The zero-order valence-electron chi connectivity index (χ0n) is 16.0. The van der Waals surface area contributed by atoms with Gasteiger partial charge in [-0.15, -0.1) is 0 Å². The van der Waals surface area contributed by atoms with E-state index in [1.807, 2.05) is 36.4 Å². The molecule has 0 bridgehead atoms. The third-order valence-electron chi connectivity index (χ3n) is 4.24. The van der Waals surface area contributed by atoms with Crippen molar-refractivity contribution in [1.82, 2.24) is 0 Å². The Bertz CT molecular complexity index is 914. The minimum absolute atomic E-state index is 0.582. The Morgan fingerprint density at radius 3 is 2.50 bits per heavy atom. The molecule has 5 heteroatoms. The molecule has 0 unspecified atom stereocenters. The molecule has 0 spiro atoms. The normalized spacial score (nSPS) is 11.0. The van der Waals surface area contributed by atoms with E-state index in [9.17, 15) is 0 Å². The Hall–Kier alpha value is -2.43. The van der Waals surface area contributed by atoms with Gasteiger partial charge in [0, 0.05) is 41.4 Å². The molecule has 0 atom stereocenters. The molecule has 3 aromatic rings. The van der Waals surface area contributed by atoms with Gasteiger partial charge in [-0.2, -0.15) is 0 Å². The second-order valence-electron chi connectivity index (χ2n) is 6.43. The molecule has 3 nitrogen and oxygen atoms in total. The highest BCUT2D eigenvalue weighted by Crippen LogP contribution is 2.24. The number of ether oxygens (including phenoxy) is 1. The molecule has 0 aliphatic heterocycles. The van der Waals surface area contributed by atoms with Crippen LogP contribution in [0.4, 0.5) is 5.69 Å². The molecule has 0 aliphatic rings. The van der Waals surface area contributed by atoms with Crippen molar-refractivity contribution in [3.8, 4) is 5.75 Å². The average molecular weight is 411 g/mol. The number of halogens is 1. The molecule has 0 fully saturated rings. The number of aryl methyl sites for hydroxylation is 1. The van der Waals surface area contributed by atoms with Crippen molar-refractivity contribution >= 4 is 35.5 Å². The van der Waals surface area contributed by atoms with Crippen LogP contribution >= 0.6 is 23.5 Å². The zero-order valence-corrected chi connectivity index (χ0v) is 17.6. The van der Waals surface area contributed by atoms with E-state index in [0.717, 1.165) is 22.8 Å². The van der Waals surface area contributed by atoms with E-state index in [2.05, 4.69) is 59.7 Å². The van der Waals surface area contributed by atoms with Gasteiger partial charge in [0.1, 0.15) is 12.4 Å². The highest BCUT2D eigenvalue weighted by molar-refractivity contribution is 7.98. The quantitative estimate of drug-likeness (QED) is 0.322. The van der Waals surface area contributed by atoms with E-state index < -0.39 is 0 Å². The maximum atomic E-state index is 6.38. The van der Waals surface area contributed by atoms with Crippen LogP contribution in [0.25, 0.3) is 0 Å². The lowest BCUT2D eigenvalue weighted by molar-refractivity contribution is 0.326. The van der Waals surface area contributed by atoms with Gasteiger partial charge < -0.3 is 9.64 Å². The summed E-state index contributed by atoms with van der Waals surface area (Å²) in [5.74, 6) is 0.759. The number of hydrogen-bond acceptors (Lipinski definition) is 4. The van der Waals surface area contributed by atoms with Crippen molar-refractivity contribution < 1.29 is 4.74 Å². The van der Waals surface area contributed by atoms with E-state index in [1.165, 1.54) is 23.2 Å². The van der Waals surface area contributed by atoms with Crippen LogP contribution in [0.1, 0.15) is 11.1 Å². The number of anilines is 1. The monoisotopic (exact) mass is 410 g/mol. The molecular weight excluding hydrogens is 388 g/mol. The Morgan fingerprint density at radius 2 is 1.79 bits per heavy atom. The SMILES string of the molecule is Cc1ccc(S/N=C/c2ccc(OCCN(C)c3ccccc3)cc2Cl)cc1. The van der Waals surface area contributed by atoms with Gasteiger partial charge in [0.05, 0.1) is 11.6 Å². The number of para-hydroxylation sites is 1. The third kappa shape index (κ3) is 6.04. The van der Waals surface area contributed by atoms with Gasteiger partial charge in [0.2, 0.25) is 0 Å². The first-order chi connectivity index (χ1) is 13.6. The van der Waals surface area contributed by atoms with Gasteiger partial charge in [-0.25, -0.2) is 4.40 Å². The molecule has 0 aliphatic carbocycles. The lowest BCUT2D eigenvalue weighted by Crippen LogP contribution is -2.23. The Morgan fingerprint density at radius 1 is 1.04 bits per heavy atom. The van der Waals surface area contributed by atoms with Gasteiger partial charge in [0.15, 0.2) is 0 Å². The fourth-order valence-electron chi connectivity index (χ4n) is 2.56. The van der Waals surface area contributed by atoms with Gasteiger partial charge >= 0.3 is 0 Å². The summed E-state index contributed by atoms with van der Waals surface area (Å²) in [7, 11) is 2.05. The Labute approximate surface area is 176 Å². The Kier molecular flexibility index (Phi) is 7.40. The van der Waals surface area contributed by atoms with Crippen molar-refractivity contribution in [2.24, 2.45) is 4.40 Å². The molecule has 144 valence electrons. The van der Waals surface area contributed by atoms with E-state index >= 15 is 0 Å². The maximum absolute atomic E-state index is 6.38. The zero-order chi connectivity index (χ0) is 19.8. The second-order valence-corrected chi connectivity index (χ2v) is 7.70. The molecule has 0 amide bonds. The van der Waals surface area contributed by atoms with Crippen LogP contribution in [-0.2, 0) is 0 Å². The summed E-state index contributed by atoms with van der Waals surface area (Å²) < 4.78 is 10.3. The molecule has 0 saturated carbocycles. The van der Waals surface area contributed by atoms with Gasteiger partial charge in [-0.3, -0.25) is 0 Å². The van der Waals surface area contributed by atoms with E-state index in [1.54, 1.807) is 6.21 Å². The van der Waals surface area contributed by atoms with Gasteiger partial charge in [-0.05, 0) is 49.4 Å². The number of nitrogens with zero attached hydrogens (tertiary/aromatic N) is 2. The van der Waals surface area contributed by atoms with E-state index in [0.29, 0.717) is 11.6 Å². The fraction of sp³-hybridized carbons (Fsp3) is 0.174. The summed E-state index contributed by atoms with van der Waals surface area (Å²) in [5, 5.41) is 0.627. The molecule has 3 aromatic carbocycles. The highest BCUT2D eigenvalue weighted by Gasteiger charge is 2.03. The Balaban J connectivity index is 1.50. The third-order valence-corrected chi connectivity index (χ3v) is 5.26. The minimum Gasteiger partial charge on any atom is -0.492 e. The van der Waals surface area contributed by atoms with Crippen LogP contribution in [-0.4, -0.2) is 26.4 Å². The van der Waals surface area contributed by atoms with E-state index in [-0.39, 0.29) is 0 Å².